The maximum atomic E-state index is 8.92. The van der Waals surface area contributed by atoms with Gasteiger partial charge < -0.3 is 10.6 Å². The summed E-state index contributed by atoms with van der Waals surface area (Å²) in [5.41, 5.74) is 5.32. The third-order valence-corrected chi connectivity index (χ3v) is 3.28. The van der Waals surface area contributed by atoms with Crippen molar-refractivity contribution in [3.8, 4) is 6.07 Å². The highest BCUT2D eigenvalue weighted by molar-refractivity contribution is 5.03. The summed E-state index contributed by atoms with van der Waals surface area (Å²) in [7, 11) is 2.16. The van der Waals surface area contributed by atoms with Crippen LogP contribution in [0.3, 0.4) is 0 Å². The molecule has 0 spiro atoms. The van der Waals surface area contributed by atoms with Gasteiger partial charge in [-0.15, -0.1) is 0 Å². The molecule has 0 amide bonds. The summed E-state index contributed by atoms with van der Waals surface area (Å²) in [5.74, 6) is 0.944. The first-order chi connectivity index (χ1) is 7.09. The Morgan fingerprint density at radius 3 is 2.67 bits per heavy atom. The molecule has 86 valence electrons. The SMILES string of the molecule is CCC(N)(C#N)CCCN(C)CC1CC1. The summed E-state index contributed by atoms with van der Waals surface area (Å²) in [5, 5.41) is 8.92. The zero-order valence-electron chi connectivity index (χ0n) is 10.00. The smallest absolute Gasteiger partial charge is 0.104 e. The summed E-state index contributed by atoms with van der Waals surface area (Å²) >= 11 is 0. The largest absolute Gasteiger partial charge is 0.313 e. The van der Waals surface area contributed by atoms with E-state index in [2.05, 4.69) is 18.0 Å². The van der Waals surface area contributed by atoms with Crippen LogP contribution >= 0.6 is 0 Å². The molecular formula is C12H23N3. The van der Waals surface area contributed by atoms with Crippen LogP contribution in [0.1, 0.15) is 39.0 Å². The molecule has 2 N–H and O–H groups in total. The van der Waals surface area contributed by atoms with Gasteiger partial charge in [-0.3, -0.25) is 0 Å². The van der Waals surface area contributed by atoms with E-state index in [9.17, 15) is 0 Å². The van der Waals surface area contributed by atoms with Crippen molar-refractivity contribution in [1.29, 1.82) is 5.26 Å². The standard InChI is InChI=1S/C12H23N3/c1-3-12(14,10-13)7-4-8-15(2)9-11-5-6-11/h11H,3-9,14H2,1-2H3. The topological polar surface area (TPSA) is 53.1 Å². The van der Waals surface area contributed by atoms with Crippen molar-refractivity contribution in [2.75, 3.05) is 20.1 Å². The molecule has 0 aromatic heterocycles. The molecule has 1 rings (SSSR count). The van der Waals surface area contributed by atoms with Gasteiger partial charge in [-0.05, 0) is 51.6 Å². The average molecular weight is 209 g/mol. The van der Waals surface area contributed by atoms with Gasteiger partial charge in [0.2, 0.25) is 0 Å². The lowest BCUT2D eigenvalue weighted by molar-refractivity contribution is 0.300. The van der Waals surface area contributed by atoms with Gasteiger partial charge in [0.15, 0.2) is 0 Å². The van der Waals surface area contributed by atoms with Crippen molar-refractivity contribution >= 4 is 0 Å². The van der Waals surface area contributed by atoms with Crippen LogP contribution in [-0.2, 0) is 0 Å². The van der Waals surface area contributed by atoms with Crippen LogP contribution in [-0.4, -0.2) is 30.6 Å². The highest BCUT2D eigenvalue weighted by Gasteiger charge is 2.24. The lowest BCUT2D eigenvalue weighted by atomic mass is 9.93. The maximum absolute atomic E-state index is 8.92. The minimum absolute atomic E-state index is 0.597. The molecule has 1 atom stereocenters. The van der Waals surface area contributed by atoms with Gasteiger partial charge in [-0.1, -0.05) is 6.92 Å². The summed E-state index contributed by atoms with van der Waals surface area (Å²) in [6, 6.07) is 2.21. The molecule has 3 heteroatoms. The van der Waals surface area contributed by atoms with E-state index in [1.807, 2.05) is 6.92 Å². The van der Waals surface area contributed by atoms with E-state index in [0.29, 0.717) is 0 Å². The number of nitrogens with two attached hydrogens (primary N) is 1. The summed E-state index contributed by atoms with van der Waals surface area (Å²) < 4.78 is 0. The van der Waals surface area contributed by atoms with Gasteiger partial charge in [0.25, 0.3) is 0 Å². The molecule has 0 aliphatic heterocycles. The molecule has 0 saturated heterocycles. The van der Waals surface area contributed by atoms with Crippen molar-refractivity contribution in [3.63, 3.8) is 0 Å². The number of nitrogens with zero attached hydrogens (tertiary/aromatic N) is 2. The van der Waals surface area contributed by atoms with Crippen LogP contribution in [0.25, 0.3) is 0 Å². The Hall–Kier alpha value is -0.590. The first kappa shape index (κ1) is 12.5. The van der Waals surface area contributed by atoms with Crippen LogP contribution < -0.4 is 5.73 Å². The molecule has 0 aromatic carbocycles. The van der Waals surface area contributed by atoms with E-state index < -0.39 is 5.54 Å². The quantitative estimate of drug-likeness (QED) is 0.695. The molecule has 0 radical (unpaired) electrons. The Balaban J connectivity index is 2.11. The predicted octanol–water partition coefficient (Wildman–Crippen LogP) is 1.74. The summed E-state index contributed by atoms with van der Waals surface area (Å²) in [6.45, 7) is 4.27. The first-order valence-electron chi connectivity index (χ1n) is 5.98. The molecule has 0 heterocycles. The van der Waals surface area contributed by atoms with Crippen molar-refractivity contribution < 1.29 is 0 Å². The van der Waals surface area contributed by atoms with E-state index in [1.54, 1.807) is 0 Å². The lowest BCUT2D eigenvalue weighted by Gasteiger charge is -2.21. The second kappa shape index (κ2) is 5.48. The normalized spacial score (nSPS) is 19.9. The minimum atomic E-state index is -0.597. The molecule has 0 aromatic rings. The van der Waals surface area contributed by atoms with Gasteiger partial charge in [0.1, 0.15) is 5.54 Å². The monoisotopic (exact) mass is 209 g/mol. The average Bonchev–Trinajstić information content (AvgIpc) is 3.01. The van der Waals surface area contributed by atoms with E-state index in [1.165, 1.54) is 19.4 Å². The minimum Gasteiger partial charge on any atom is -0.313 e. The fraction of sp³-hybridized carbons (Fsp3) is 0.917. The van der Waals surface area contributed by atoms with Crippen molar-refractivity contribution in [1.82, 2.24) is 4.90 Å². The number of rotatable bonds is 7. The van der Waals surface area contributed by atoms with Gasteiger partial charge in [0.05, 0.1) is 6.07 Å². The fourth-order valence-electron chi connectivity index (χ4n) is 1.81. The molecule has 1 aliphatic carbocycles. The highest BCUT2D eigenvalue weighted by Crippen LogP contribution is 2.29. The second-order valence-corrected chi connectivity index (χ2v) is 4.93. The molecule has 3 nitrogen and oxygen atoms in total. The van der Waals surface area contributed by atoms with Crippen LogP contribution in [0.15, 0.2) is 0 Å². The van der Waals surface area contributed by atoms with E-state index in [-0.39, 0.29) is 0 Å². The Labute approximate surface area is 93.2 Å². The summed E-state index contributed by atoms with van der Waals surface area (Å²) in [6.07, 6.45) is 5.39. The summed E-state index contributed by atoms with van der Waals surface area (Å²) in [4.78, 5) is 2.37. The predicted molar refractivity (Wildman–Crippen MR) is 62.3 cm³/mol. The molecule has 1 aliphatic rings. The van der Waals surface area contributed by atoms with Gasteiger partial charge in [-0.25, -0.2) is 0 Å². The number of hydrogen-bond acceptors (Lipinski definition) is 3. The zero-order chi connectivity index (χ0) is 11.3. The first-order valence-corrected chi connectivity index (χ1v) is 5.98. The Morgan fingerprint density at radius 2 is 2.20 bits per heavy atom. The molecular weight excluding hydrogens is 186 g/mol. The van der Waals surface area contributed by atoms with E-state index in [0.717, 1.165) is 31.7 Å². The third-order valence-electron chi connectivity index (χ3n) is 3.28. The Morgan fingerprint density at radius 1 is 1.53 bits per heavy atom. The van der Waals surface area contributed by atoms with Crippen molar-refractivity contribution in [3.05, 3.63) is 0 Å². The van der Waals surface area contributed by atoms with Gasteiger partial charge in [0, 0.05) is 6.54 Å². The molecule has 1 unspecified atom stereocenters. The zero-order valence-corrected chi connectivity index (χ0v) is 10.00. The maximum Gasteiger partial charge on any atom is 0.104 e. The van der Waals surface area contributed by atoms with Crippen LogP contribution in [0, 0.1) is 17.2 Å². The second-order valence-electron chi connectivity index (χ2n) is 4.93. The van der Waals surface area contributed by atoms with Gasteiger partial charge >= 0.3 is 0 Å². The molecule has 1 saturated carbocycles. The number of hydrogen-bond donors (Lipinski definition) is 1. The molecule has 1 fully saturated rings. The fourth-order valence-corrected chi connectivity index (χ4v) is 1.81. The van der Waals surface area contributed by atoms with Crippen LogP contribution in [0.2, 0.25) is 0 Å². The van der Waals surface area contributed by atoms with Crippen LogP contribution in [0.5, 0.6) is 0 Å². The van der Waals surface area contributed by atoms with Crippen molar-refractivity contribution in [2.24, 2.45) is 11.7 Å². The third kappa shape index (κ3) is 4.63. The lowest BCUT2D eigenvalue weighted by Crippen LogP contribution is -2.38. The Bertz CT molecular complexity index is 230. The molecule has 15 heavy (non-hydrogen) atoms. The number of nitriles is 1. The highest BCUT2D eigenvalue weighted by atomic mass is 15.1. The Kier molecular flexibility index (Phi) is 4.56. The van der Waals surface area contributed by atoms with Crippen molar-refractivity contribution in [2.45, 2.75) is 44.6 Å². The van der Waals surface area contributed by atoms with E-state index in [4.69, 9.17) is 11.0 Å². The van der Waals surface area contributed by atoms with Crippen LogP contribution in [0.4, 0.5) is 0 Å². The van der Waals surface area contributed by atoms with Gasteiger partial charge in [-0.2, -0.15) is 5.26 Å². The van der Waals surface area contributed by atoms with E-state index >= 15 is 0 Å². The molecule has 0 bridgehead atoms.